The first-order valence-corrected chi connectivity index (χ1v) is 10.9. The minimum absolute atomic E-state index is 0.242. The average molecular weight is 441 g/mol. The van der Waals surface area contributed by atoms with Gasteiger partial charge in [-0.1, -0.05) is 48.5 Å². The molecule has 2 heterocycles. The van der Waals surface area contributed by atoms with E-state index in [-0.39, 0.29) is 6.54 Å². The number of aliphatic carboxylic acids is 1. The Morgan fingerprint density at radius 1 is 1.10 bits per heavy atom. The van der Waals surface area contributed by atoms with E-state index in [0.29, 0.717) is 5.69 Å². The van der Waals surface area contributed by atoms with Crippen LogP contribution in [0.5, 0.6) is 0 Å². The van der Waals surface area contributed by atoms with Crippen LogP contribution in [0.3, 0.4) is 0 Å². The van der Waals surface area contributed by atoms with Crippen molar-refractivity contribution in [1.29, 1.82) is 0 Å². The third-order valence-corrected chi connectivity index (χ3v) is 7.42. The highest BCUT2D eigenvalue weighted by Gasteiger charge is 2.66. The van der Waals surface area contributed by atoms with Crippen molar-refractivity contribution in [2.75, 3.05) is 4.90 Å². The van der Waals surface area contributed by atoms with Gasteiger partial charge >= 0.3 is 5.97 Å². The Morgan fingerprint density at radius 3 is 2.26 bits per heavy atom. The van der Waals surface area contributed by atoms with Crippen LogP contribution in [0.1, 0.15) is 19.4 Å². The number of para-hydroxylation sites is 1. The molecule has 31 heavy (non-hydrogen) atoms. The van der Waals surface area contributed by atoms with Crippen molar-refractivity contribution in [3.63, 3.8) is 0 Å². The molecule has 8 heteroatoms. The van der Waals surface area contributed by atoms with Gasteiger partial charge in [-0.2, -0.15) is 0 Å². The number of amides is 2. The zero-order chi connectivity index (χ0) is 22.3. The normalized spacial score (nSPS) is 24.8. The van der Waals surface area contributed by atoms with Crippen molar-refractivity contribution < 1.29 is 24.6 Å². The summed E-state index contributed by atoms with van der Waals surface area (Å²) in [5, 5.41) is 20.0. The number of aliphatic hydroxyl groups is 1. The van der Waals surface area contributed by atoms with Gasteiger partial charge in [0.1, 0.15) is 18.1 Å². The lowest BCUT2D eigenvalue weighted by molar-refractivity contribution is -0.170. The predicted octanol–water partition coefficient (Wildman–Crippen LogP) is 2.34. The first-order chi connectivity index (χ1) is 14.7. The zero-order valence-electron chi connectivity index (χ0n) is 17.2. The van der Waals surface area contributed by atoms with E-state index in [9.17, 15) is 24.6 Å². The van der Waals surface area contributed by atoms with Gasteiger partial charge in [-0.3, -0.25) is 9.59 Å². The SMILES string of the molecule is CC1(C)S[C@@H]2[C@H]([C@H](O)C(=O)N(Cc3ccccc3)c3ccccc3)C(=O)N2[C@H]1C(=O)O. The van der Waals surface area contributed by atoms with Crippen LogP contribution < -0.4 is 4.90 Å². The number of thioether (sulfide) groups is 1. The summed E-state index contributed by atoms with van der Waals surface area (Å²) in [7, 11) is 0. The lowest BCUT2D eigenvalue weighted by atomic mass is 9.87. The van der Waals surface area contributed by atoms with Crippen LogP contribution in [0, 0.1) is 5.92 Å². The quantitative estimate of drug-likeness (QED) is 0.669. The molecule has 0 bridgehead atoms. The highest BCUT2D eigenvalue weighted by Crippen LogP contribution is 2.54. The van der Waals surface area contributed by atoms with E-state index in [1.54, 1.807) is 38.1 Å². The maximum Gasteiger partial charge on any atom is 0.327 e. The van der Waals surface area contributed by atoms with E-state index >= 15 is 0 Å². The van der Waals surface area contributed by atoms with Gasteiger partial charge in [0.05, 0.1) is 11.9 Å². The van der Waals surface area contributed by atoms with Crippen molar-refractivity contribution in [1.82, 2.24) is 4.90 Å². The van der Waals surface area contributed by atoms with Crippen LogP contribution in [-0.4, -0.2) is 55.2 Å². The monoisotopic (exact) mass is 440 g/mol. The molecular weight excluding hydrogens is 416 g/mol. The van der Waals surface area contributed by atoms with Crippen molar-refractivity contribution >= 4 is 35.2 Å². The largest absolute Gasteiger partial charge is 0.480 e. The van der Waals surface area contributed by atoms with Gasteiger partial charge in [-0.05, 0) is 31.5 Å². The molecule has 2 aromatic rings. The number of fused-ring (bicyclic) bond motifs is 1. The predicted molar refractivity (Wildman–Crippen MR) is 117 cm³/mol. The molecule has 0 aromatic heterocycles. The molecule has 4 rings (SSSR count). The summed E-state index contributed by atoms with van der Waals surface area (Å²) in [5.41, 5.74) is 1.50. The van der Waals surface area contributed by atoms with E-state index < -0.39 is 46.0 Å². The number of hydrogen-bond donors (Lipinski definition) is 2. The number of carbonyl (C=O) groups excluding carboxylic acids is 2. The number of benzene rings is 2. The summed E-state index contributed by atoms with van der Waals surface area (Å²) in [4.78, 5) is 40.7. The Morgan fingerprint density at radius 2 is 1.68 bits per heavy atom. The molecule has 4 atom stereocenters. The van der Waals surface area contributed by atoms with Crippen LogP contribution >= 0.6 is 11.8 Å². The lowest BCUT2D eigenvalue weighted by Crippen LogP contribution is -2.67. The number of β-lactam (4-membered cyclic amide) rings is 1. The standard InChI is InChI=1S/C23H24N2O5S/c1-23(2)18(22(29)30)25-19(27)16(21(25)31-23)17(26)20(28)24(15-11-7-4-8-12-15)13-14-9-5-3-6-10-14/h3-12,16-18,21,26H,13H2,1-2H3,(H,29,30)/t16-,17+,18+,21-/m1/s1. The number of nitrogens with zero attached hydrogens (tertiary/aromatic N) is 2. The highest BCUT2D eigenvalue weighted by molar-refractivity contribution is 8.01. The smallest absolute Gasteiger partial charge is 0.327 e. The first kappa shape index (κ1) is 21.4. The second kappa shape index (κ2) is 8.01. The molecule has 162 valence electrons. The summed E-state index contributed by atoms with van der Waals surface area (Å²) in [5.74, 6) is -3.13. The van der Waals surface area contributed by atoms with Crippen LogP contribution in [0.2, 0.25) is 0 Å². The topological polar surface area (TPSA) is 98.2 Å². The second-order valence-corrected chi connectivity index (χ2v) is 10.1. The van der Waals surface area contributed by atoms with E-state index in [1.165, 1.54) is 21.6 Å². The molecule has 2 saturated heterocycles. The number of aliphatic hydroxyl groups excluding tert-OH is 1. The molecule has 0 saturated carbocycles. The number of anilines is 1. The molecule has 0 aliphatic carbocycles. The van der Waals surface area contributed by atoms with E-state index in [2.05, 4.69) is 0 Å². The Kier molecular flexibility index (Phi) is 5.53. The lowest BCUT2D eigenvalue weighted by Gasteiger charge is -2.45. The van der Waals surface area contributed by atoms with Gasteiger partial charge in [-0.15, -0.1) is 11.8 Å². The van der Waals surface area contributed by atoms with Crippen LogP contribution in [0.4, 0.5) is 5.69 Å². The van der Waals surface area contributed by atoms with Gasteiger partial charge in [0.15, 0.2) is 0 Å². The van der Waals surface area contributed by atoms with Gasteiger partial charge < -0.3 is 20.0 Å². The fourth-order valence-electron chi connectivity index (χ4n) is 4.32. The van der Waals surface area contributed by atoms with E-state index in [0.717, 1.165) is 5.56 Å². The molecule has 2 fully saturated rings. The summed E-state index contributed by atoms with van der Waals surface area (Å²) in [6, 6.07) is 17.4. The minimum Gasteiger partial charge on any atom is -0.480 e. The molecule has 0 spiro atoms. The van der Waals surface area contributed by atoms with E-state index in [4.69, 9.17) is 0 Å². The van der Waals surface area contributed by atoms with Crippen molar-refractivity contribution in [3.05, 3.63) is 66.2 Å². The summed E-state index contributed by atoms with van der Waals surface area (Å²) in [6.07, 6.45) is -1.56. The van der Waals surface area contributed by atoms with E-state index in [1.807, 2.05) is 36.4 Å². The molecular formula is C23H24N2O5S. The third kappa shape index (κ3) is 3.70. The van der Waals surface area contributed by atoms with Gasteiger partial charge in [0.2, 0.25) is 5.91 Å². The second-order valence-electron chi connectivity index (χ2n) is 8.31. The number of carboxylic acid groups (broad SMARTS) is 1. The number of carbonyl (C=O) groups is 3. The van der Waals surface area contributed by atoms with Gasteiger partial charge in [0.25, 0.3) is 5.91 Å². The summed E-state index contributed by atoms with van der Waals surface area (Å²) in [6.45, 7) is 3.77. The van der Waals surface area contributed by atoms with Gasteiger partial charge in [-0.25, -0.2) is 4.79 Å². The summed E-state index contributed by atoms with van der Waals surface area (Å²) < 4.78 is -0.715. The Labute approximate surface area is 184 Å². The van der Waals surface area contributed by atoms with Crippen molar-refractivity contribution in [2.45, 2.75) is 42.7 Å². The van der Waals surface area contributed by atoms with Crippen LogP contribution in [-0.2, 0) is 20.9 Å². The van der Waals surface area contributed by atoms with Crippen molar-refractivity contribution in [2.24, 2.45) is 5.92 Å². The zero-order valence-corrected chi connectivity index (χ0v) is 18.0. The van der Waals surface area contributed by atoms with Crippen LogP contribution in [0.15, 0.2) is 60.7 Å². The minimum atomic E-state index is -1.56. The molecule has 2 amide bonds. The molecule has 2 aliphatic rings. The fraction of sp³-hybridized carbons (Fsp3) is 0.348. The van der Waals surface area contributed by atoms with Crippen molar-refractivity contribution in [3.8, 4) is 0 Å². The molecule has 2 N–H and O–H groups in total. The Balaban J connectivity index is 1.59. The Hall–Kier alpha value is -2.84. The highest BCUT2D eigenvalue weighted by atomic mass is 32.2. The number of carboxylic acids is 1. The van der Waals surface area contributed by atoms with Gasteiger partial charge in [0, 0.05) is 10.4 Å². The molecule has 2 aromatic carbocycles. The molecule has 7 nitrogen and oxygen atoms in total. The van der Waals surface area contributed by atoms with Crippen LogP contribution in [0.25, 0.3) is 0 Å². The maximum absolute atomic E-state index is 13.4. The molecule has 0 radical (unpaired) electrons. The Bertz CT molecular complexity index is 998. The molecule has 0 unspecified atom stereocenters. The average Bonchev–Trinajstić information content (AvgIpc) is 3.00. The molecule has 2 aliphatic heterocycles. The number of hydrogen-bond acceptors (Lipinski definition) is 5. The third-order valence-electron chi connectivity index (χ3n) is 5.83. The summed E-state index contributed by atoms with van der Waals surface area (Å²) >= 11 is 1.32. The maximum atomic E-state index is 13.4. The first-order valence-electron chi connectivity index (χ1n) is 10.0. The fourth-order valence-corrected chi connectivity index (χ4v) is 6.03. The number of rotatable bonds is 6.